The van der Waals surface area contributed by atoms with Crippen LogP contribution in [-0.4, -0.2) is 12.9 Å². The number of hydrogen-bond acceptors (Lipinski definition) is 2. The predicted molar refractivity (Wildman–Crippen MR) is 52.1 cm³/mol. The number of Topliss-reactive ketones (excluding diaryl/α,β-unsaturated/α-hetero) is 1. The normalized spacial score (nSPS) is 10.0. The highest BCUT2D eigenvalue weighted by Crippen LogP contribution is 2.22. The highest BCUT2D eigenvalue weighted by molar-refractivity contribution is 5.78. The summed E-state index contributed by atoms with van der Waals surface area (Å²) >= 11 is 0. The summed E-state index contributed by atoms with van der Waals surface area (Å²) in [5, 5.41) is 0. The SMILES string of the molecule is COc1cc(C)c(CC(C)=O)cc1F. The second-order valence-corrected chi connectivity index (χ2v) is 3.29. The molecule has 0 bridgehead atoms. The Morgan fingerprint density at radius 3 is 2.64 bits per heavy atom. The van der Waals surface area contributed by atoms with Gasteiger partial charge in [0.1, 0.15) is 5.78 Å². The molecule has 0 unspecified atom stereocenters. The van der Waals surface area contributed by atoms with Crippen LogP contribution in [0.1, 0.15) is 18.1 Å². The number of benzene rings is 1. The van der Waals surface area contributed by atoms with Crippen molar-refractivity contribution in [1.82, 2.24) is 0 Å². The molecule has 0 saturated carbocycles. The maximum atomic E-state index is 13.2. The van der Waals surface area contributed by atoms with Gasteiger partial charge in [-0.15, -0.1) is 0 Å². The molecule has 2 nitrogen and oxygen atoms in total. The zero-order chi connectivity index (χ0) is 10.7. The van der Waals surface area contributed by atoms with Crippen LogP contribution in [0.3, 0.4) is 0 Å². The van der Waals surface area contributed by atoms with Crippen molar-refractivity contribution in [2.45, 2.75) is 20.3 Å². The van der Waals surface area contributed by atoms with E-state index in [0.717, 1.165) is 11.1 Å². The Hall–Kier alpha value is -1.38. The lowest BCUT2D eigenvalue weighted by molar-refractivity contribution is -0.116. The minimum atomic E-state index is -0.422. The lowest BCUT2D eigenvalue weighted by atomic mass is 10.0. The predicted octanol–water partition coefficient (Wildman–Crippen LogP) is 2.27. The van der Waals surface area contributed by atoms with Crippen molar-refractivity contribution in [1.29, 1.82) is 0 Å². The van der Waals surface area contributed by atoms with Gasteiger partial charge in [0.2, 0.25) is 0 Å². The lowest BCUT2D eigenvalue weighted by Gasteiger charge is -2.07. The Morgan fingerprint density at radius 2 is 2.14 bits per heavy atom. The summed E-state index contributed by atoms with van der Waals surface area (Å²) < 4.78 is 18.1. The highest BCUT2D eigenvalue weighted by Gasteiger charge is 2.08. The number of carbonyl (C=O) groups excluding carboxylic acids is 1. The molecule has 76 valence electrons. The number of ketones is 1. The van der Waals surface area contributed by atoms with Crippen LogP contribution in [0.4, 0.5) is 4.39 Å². The van der Waals surface area contributed by atoms with Gasteiger partial charge in [-0.1, -0.05) is 0 Å². The van der Waals surface area contributed by atoms with Crippen molar-refractivity contribution in [3.05, 3.63) is 29.1 Å². The summed E-state index contributed by atoms with van der Waals surface area (Å²) in [5.41, 5.74) is 1.59. The first kappa shape index (κ1) is 10.7. The van der Waals surface area contributed by atoms with E-state index in [9.17, 15) is 9.18 Å². The highest BCUT2D eigenvalue weighted by atomic mass is 19.1. The number of halogens is 1. The van der Waals surface area contributed by atoms with Crippen LogP contribution in [0.25, 0.3) is 0 Å². The Kier molecular flexibility index (Phi) is 3.23. The molecule has 0 atom stereocenters. The third-order valence-electron chi connectivity index (χ3n) is 2.05. The average Bonchev–Trinajstić information content (AvgIpc) is 2.10. The Bertz CT molecular complexity index is 359. The van der Waals surface area contributed by atoms with Crippen molar-refractivity contribution in [2.24, 2.45) is 0 Å². The van der Waals surface area contributed by atoms with Crippen LogP contribution >= 0.6 is 0 Å². The van der Waals surface area contributed by atoms with Crippen molar-refractivity contribution in [2.75, 3.05) is 7.11 Å². The van der Waals surface area contributed by atoms with Crippen LogP contribution in [0.15, 0.2) is 12.1 Å². The van der Waals surface area contributed by atoms with Gasteiger partial charge in [0.25, 0.3) is 0 Å². The zero-order valence-electron chi connectivity index (χ0n) is 8.56. The number of hydrogen-bond donors (Lipinski definition) is 0. The van der Waals surface area contributed by atoms with Gasteiger partial charge in [0, 0.05) is 6.42 Å². The maximum absolute atomic E-state index is 13.2. The van der Waals surface area contributed by atoms with Crippen molar-refractivity contribution < 1.29 is 13.9 Å². The van der Waals surface area contributed by atoms with Gasteiger partial charge < -0.3 is 4.74 Å². The van der Waals surface area contributed by atoms with E-state index in [0.29, 0.717) is 0 Å². The number of rotatable bonds is 3. The van der Waals surface area contributed by atoms with Gasteiger partial charge in [-0.2, -0.15) is 0 Å². The first-order chi connectivity index (χ1) is 6.54. The van der Waals surface area contributed by atoms with Crippen molar-refractivity contribution in [3.63, 3.8) is 0 Å². The van der Waals surface area contributed by atoms with Gasteiger partial charge in [0.05, 0.1) is 7.11 Å². The molecule has 0 heterocycles. The second-order valence-electron chi connectivity index (χ2n) is 3.29. The number of ether oxygens (including phenoxy) is 1. The fourth-order valence-corrected chi connectivity index (χ4v) is 1.31. The molecule has 1 aromatic carbocycles. The van der Waals surface area contributed by atoms with E-state index >= 15 is 0 Å². The molecule has 0 saturated heterocycles. The first-order valence-corrected chi connectivity index (χ1v) is 4.37. The Morgan fingerprint density at radius 1 is 1.50 bits per heavy atom. The molecular formula is C11H13FO2. The number of carbonyl (C=O) groups is 1. The van der Waals surface area contributed by atoms with Gasteiger partial charge in [0.15, 0.2) is 11.6 Å². The first-order valence-electron chi connectivity index (χ1n) is 4.37. The van der Waals surface area contributed by atoms with Crippen LogP contribution in [-0.2, 0) is 11.2 Å². The van der Waals surface area contributed by atoms with E-state index in [2.05, 4.69) is 0 Å². The molecule has 0 aliphatic carbocycles. The van der Waals surface area contributed by atoms with Gasteiger partial charge in [-0.25, -0.2) is 4.39 Å². The molecule has 0 radical (unpaired) electrons. The van der Waals surface area contributed by atoms with Crippen LogP contribution in [0.2, 0.25) is 0 Å². The Labute approximate surface area is 82.7 Å². The zero-order valence-corrected chi connectivity index (χ0v) is 8.56. The smallest absolute Gasteiger partial charge is 0.165 e. The third kappa shape index (κ3) is 2.31. The quantitative estimate of drug-likeness (QED) is 0.741. The molecular weight excluding hydrogens is 183 g/mol. The summed E-state index contributed by atoms with van der Waals surface area (Å²) in [6.45, 7) is 3.32. The molecule has 14 heavy (non-hydrogen) atoms. The number of methoxy groups -OCH3 is 1. The second kappa shape index (κ2) is 4.22. The molecule has 1 aromatic rings. The summed E-state index contributed by atoms with van der Waals surface area (Å²) in [6, 6.07) is 2.96. The van der Waals surface area contributed by atoms with Crippen LogP contribution < -0.4 is 4.74 Å². The van der Waals surface area contributed by atoms with E-state index in [-0.39, 0.29) is 18.0 Å². The summed E-state index contributed by atoms with van der Waals surface area (Å²) in [4.78, 5) is 10.9. The molecule has 0 aromatic heterocycles. The monoisotopic (exact) mass is 196 g/mol. The summed E-state index contributed by atoms with van der Waals surface area (Å²) in [6.07, 6.45) is 0.271. The molecule has 3 heteroatoms. The average molecular weight is 196 g/mol. The minimum absolute atomic E-state index is 0.0256. The topological polar surface area (TPSA) is 26.3 Å². The van der Waals surface area contributed by atoms with E-state index in [1.807, 2.05) is 6.92 Å². The molecule has 0 amide bonds. The Balaban J connectivity index is 3.08. The summed E-state index contributed by atoms with van der Waals surface area (Å²) in [7, 11) is 1.42. The molecule has 0 fully saturated rings. The fraction of sp³-hybridized carbons (Fsp3) is 0.364. The largest absolute Gasteiger partial charge is 0.494 e. The lowest BCUT2D eigenvalue weighted by Crippen LogP contribution is -2.00. The molecule has 1 rings (SSSR count). The van der Waals surface area contributed by atoms with Gasteiger partial charge in [-0.05, 0) is 37.1 Å². The van der Waals surface area contributed by atoms with E-state index in [1.165, 1.54) is 20.1 Å². The molecule has 0 N–H and O–H groups in total. The van der Waals surface area contributed by atoms with E-state index in [4.69, 9.17) is 4.74 Å². The third-order valence-corrected chi connectivity index (χ3v) is 2.05. The van der Waals surface area contributed by atoms with Crippen molar-refractivity contribution >= 4 is 5.78 Å². The van der Waals surface area contributed by atoms with Gasteiger partial charge in [-0.3, -0.25) is 4.79 Å². The standard InChI is InChI=1S/C11H13FO2/c1-7-4-11(14-3)10(12)6-9(7)5-8(2)13/h4,6H,5H2,1-3H3. The van der Waals surface area contributed by atoms with Crippen LogP contribution in [0, 0.1) is 12.7 Å². The van der Waals surface area contributed by atoms with E-state index < -0.39 is 5.82 Å². The van der Waals surface area contributed by atoms with Crippen molar-refractivity contribution in [3.8, 4) is 5.75 Å². The van der Waals surface area contributed by atoms with Gasteiger partial charge >= 0.3 is 0 Å². The number of aryl methyl sites for hydroxylation is 1. The molecule has 0 aliphatic rings. The maximum Gasteiger partial charge on any atom is 0.165 e. The molecule has 0 spiro atoms. The minimum Gasteiger partial charge on any atom is -0.494 e. The van der Waals surface area contributed by atoms with Crippen LogP contribution in [0.5, 0.6) is 5.75 Å². The fourth-order valence-electron chi connectivity index (χ4n) is 1.31. The summed E-state index contributed by atoms with van der Waals surface area (Å²) in [5.74, 6) is -0.179. The van der Waals surface area contributed by atoms with E-state index in [1.54, 1.807) is 6.07 Å². The molecule has 0 aliphatic heterocycles.